The zero-order valence-electron chi connectivity index (χ0n) is 11.8. The summed E-state index contributed by atoms with van der Waals surface area (Å²) in [5.74, 6) is -0.728. The molecule has 0 aliphatic carbocycles. The first kappa shape index (κ1) is 14.8. The van der Waals surface area contributed by atoms with Crippen molar-refractivity contribution in [3.8, 4) is 0 Å². The lowest BCUT2D eigenvalue weighted by molar-refractivity contribution is -0.146. The molecule has 0 radical (unpaired) electrons. The van der Waals surface area contributed by atoms with Gasteiger partial charge in [0.25, 0.3) is 5.82 Å². The van der Waals surface area contributed by atoms with E-state index in [9.17, 15) is 13.2 Å². The van der Waals surface area contributed by atoms with E-state index in [1.165, 1.54) is 0 Å². The van der Waals surface area contributed by atoms with E-state index in [2.05, 4.69) is 20.6 Å². The number of anilines is 1. The largest absolute Gasteiger partial charge is 0.453 e. The number of halogens is 3. The van der Waals surface area contributed by atoms with Crippen LogP contribution in [0.5, 0.6) is 0 Å². The maximum Gasteiger partial charge on any atom is 0.453 e. The highest BCUT2D eigenvalue weighted by molar-refractivity contribution is 7.09. The zero-order chi connectivity index (χ0) is 15.9. The van der Waals surface area contributed by atoms with Crippen molar-refractivity contribution in [3.05, 3.63) is 39.3 Å². The molecule has 0 aliphatic heterocycles. The molecule has 3 rings (SSSR count). The van der Waals surface area contributed by atoms with Gasteiger partial charge in [-0.2, -0.15) is 17.7 Å². The van der Waals surface area contributed by atoms with Crippen LogP contribution in [0.2, 0.25) is 0 Å². The molecule has 9 heteroatoms. The summed E-state index contributed by atoms with van der Waals surface area (Å²) in [5, 5.41) is 15.9. The Morgan fingerprint density at radius 3 is 2.64 bits per heavy atom. The van der Waals surface area contributed by atoms with Crippen molar-refractivity contribution < 1.29 is 13.2 Å². The normalized spacial score (nSPS) is 12.0. The fourth-order valence-corrected chi connectivity index (χ4v) is 2.70. The Bertz CT molecular complexity index is 807. The van der Waals surface area contributed by atoms with Crippen LogP contribution in [0, 0.1) is 13.8 Å². The number of nitrogens with zero attached hydrogens (tertiary/aromatic N) is 4. The third-order valence-electron chi connectivity index (χ3n) is 3.36. The van der Waals surface area contributed by atoms with Gasteiger partial charge in [-0.25, -0.2) is 0 Å². The van der Waals surface area contributed by atoms with Crippen LogP contribution >= 0.6 is 11.3 Å². The highest BCUT2D eigenvalue weighted by atomic mass is 32.1. The number of hydrogen-bond acceptors (Lipinski definition) is 5. The highest BCUT2D eigenvalue weighted by Gasteiger charge is 2.38. The zero-order valence-corrected chi connectivity index (χ0v) is 12.6. The van der Waals surface area contributed by atoms with Crippen molar-refractivity contribution >= 4 is 22.8 Å². The van der Waals surface area contributed by atoms with Gasteiger partial charge in [-0.1, -0.05) is 6.07 Å². The molecule has 0 unspecified atom stereocenters. The van der Waals surface area contributed by atoms with Gasteiger partial charge in [-0.3, -0.25) is 0 Å². The highest BCUT2D eigenvalue weighted by Crippen LogP contribution is 2.29. The monoisotopic (exact) mass is 327 g/mol. The molecular weight excluding hydrogens is 315 g/mol. The summed E-state index contributed by atoms with van der Waals surface area (Å²) < 4.78 is 39.6. The fourth-order valence-electron chi connectivity index (χ4n) is 2.06. The molecule has 3 heterocycles. The van der Waals surface area contributed by atoms with E-state index in [1.54, 1.807) is 25.2 Å². The van der Waals surface area contributed by atoms with Crippen LogP contribution in [0.25, 0.3) is 5.65 Å². The maximum absolute atomic E-state index is 12.9. The minimum absolute atomic E-state index is 0.117. The van der Waals surface area contributed by atoms with Gasteiger partial charge in [-0.15, -0.1) is 26.6 Å². The van der Waals surface area contributed by atoms with Crippen molar-refractivity contribution in [2.75, 3.05) is 5.32 Å². The summed E-state index contributed by atoms with van der Waals surface area (Å²) in [7, 11) is 0. The number of aromatic nitrogens is 4. The summed E-state index contributed by atoms with van der Waals surface area (Å²) in [6, 6.07) is 3.86. The first-order valence-corrected chi connectivity index (χ1v) is 7.32. The van der Waals surface area contributed by atoms with E-state index in [0.717, 1.165) is 15.0 Å². The molecule has 0 atom stereocenters. The van der Waals surface area contributed by atoms with Gasteiger partial charge < -0.3 is 5.32 Å². The van der Waals surface area contributed by atoms with E-state index in [1.807, 2.05) is 17.5 Å². The van der Waals surface area contributed by atoms with Crippen LogP contribution in [-0.4, -0.2) is 19.8 Å². The van der Waals surface area contributed by atoms with E-state index in [-0.39, 0.29) is 5.65 Å². The topological polar surface area (TPSA) is 55.1 Å². The third kappa shape index (κ3) is 2.52. The molecule has 0 saturated carbocycles. The Balaban J connectivity index is 2.04. The molecule has 3 aromatic heterocycles. The van der Waals surface area contributed by atoms with Crippen LogP contribution < -0.4 is 5.32 Å². The quantitative estimate of drug-likeness (QED) is 0.801. The SMILES string of the molecule is Cc1c(NCc2cccs2)nn2c(C(F)(F)F)nnc2c1C. The molecule has 0 amide bonds. The summed E-state index contributed by atoms with van der Waals surface area (Å²) >= 11 is 1.56. The van der Waals surface area contributed by atoms with Gasteiger partial charge in [0.15, 0.2) is 11.5 Å². The Morgan fingerprint density at radius 2 is 2.00 bits per heavy atom. The lowest BCUT2D eigenvalue weighted by atomic mass is 10.2. The minimum Gasteiger partial charge on any atom is -0.364 e. The molecule has 0 bridgehead atoms. The van der Waals surface area contributed by atoms with E-state index in [4.69, 9.17) is 0 Å². The Morgan fingerprint density at radius 1 is 1.23 bits per heavy atom. The number of fused-ring (bicyclic) bond motifs is 1. The Kier molecular flexibility index (Phi) is 3.51. The third-order valence-corrected chi connectivity index (χ3v) is 4.23. The summed E-state index contributed by atoms with van der Waals surface area (Å²) in [6.45, 7) is 4.00. The average Bonchev–Trinajstić information content (AvgIpc) is 3.09. The molecule has 0 aliphatic rings. The van der Waals surface area contributed by atoms with Gasteiger partial charge in [0.1, 0.15) is 0 Å². The second-order valence-corrected chi connectivity index (χ2v) is 5.82. The number of hydrogen-bond donors (Lipinski definition) is 1. The van der Waals surface area contributed by atoms with E-state index >= 15 is 0 Å². The van der Waals surface area contributed by atoms with Gasteiger partial charge in [0.2, 0.25) is 0 Å². The van der Waals surface area contributed by atoms with Crippen LogP contribution in [0.3, 0.4) is 0 Å². The average molecular weight is 327 g/mol. The molecule has 116 valence electrons. The van der Waals surface area contributed by atoms with E-state index in [0.29, 0.717) is 17.9 Å². The number of aryl methyl sites for hydroxylation is 1. The molecule has 1 N–H and O–H groups in total. The smallest absolute Gasteiger partial charge is 0.364 e. The summed E-state index contributed by atoms with van der Waals surface area (Å²) in [6.07, 6.45) is -4.60. The Labute approximate surface area is 127 Å². The van der Waals surface area contributed by atoms with Gasteiger partial charge in [0, 0.05) is 10.4 Å². The van der Waals surface area contributed by atoms with Gasteiger partial charge >= 0.3 is 6.18 Å². The first-order valence-electron chi connectivity index (χ1n) is 6.44. The maximum atomic E-state index is 12.9. The lowest BCUT2D eigenvalue weighted by Gasteiger charge is -2.12. The van der Waals surface area contributed by atoms with Crippen molar-refractivity contribution in [2.45, 2.75) is 26.6 Å². The summed E-state index contributed by atoms with van der Waals surface area (Å²) in [4.78, 5) is 1.07. The number of nitrogens with one attached hydrogen (secondary N) is 1. The molecule has 0 fully saturated rings. The van der Waals surface area contributed by atoms with Crippen molar-refractivity contribution in [2.24, 2.45) is 0 Å². The van der Waals surface area contributed by atoms with Crippen LogP contribution in [0.1, 0.15) is 21.8 Å². The van der Waals surface area contributed by atoms with Crippen molar-refractivity contribution in [1.29, 1.82) is 0 Å². The molecule has 3 aromatic rings. The van der Waals surface area contributed by atoms with Gasteiger partial charge in [-0.05, 0) is 30.9 Å². The second-order valence-electron chi connectivity index (χ2n) is 4.79. The van der Waals surface area contributed by atoms with Crippen molar-refractivity contribution in [1.82, 2.24) is 19.8 Å². The second kappa shape index (κ2) is 5.24. The number of thiophene rings is 1. The number of alkyl halides is 3. The molecule has 5 nitrogen and oxygen atoms in total. The molecular formula is C13H12F3N5S. The minimum atomic E-state index is -4.60. The molecule has 0 spiro atoms. The number of rotatable bonds is 3. The van der Waals surface area contributed by atoms with Crippen molar-refractivity contribution in [3.63, 3.8) is 0 Å². The first-order chi connectivity index (χ1) is 10.4. The Hall–Kier alpha value is -2.16. The van der Waals surface area contributed by atoms with Crippen LogP contribution in [0.15, 0.2) is 17.5 Å². The standard InChI is InChI=1S/C13H12F3N5S/c1-7-8(2)11-18-19-12(13(14,15)16)21(11)20-10(7)17-6-9-4-3-5-22-9/h3-5H,6H2,1-2H3,(H,17,20). The molecule has 22 heavy (non-hydrogen) atoms. The predicted molar refractivity (Wildman–Crippen MR) is 76.9 cm³/mol. The van der Waals surface area contributed by atoms with E-state index < -0.39 is 12.0 Å². The van der Waals surface area contributed by atoms with Crippen LogP contribution in [-0.2, 0) is 12.7 Å². The lowest BCUT2D eigenvalue weighted by Crippen LogP contribution is -2.15. The van der Waals surface area contributed by atoms with Gasteiger partial charge in [0.05, 0.1) is 6.54 Å². The van der Waals surface area contributed by atoms with Crippen LogP contribution in [0.4, 0.5) is 19.0 Å². The fraction of sp³-hybridized carbons (Fsp3) is 0.308. The molecule has 0 saturated heterocycles. The predicted octanol–water partition coefficient (Wildman–Crippen LogP) is 3.43. The summed E-state index contributed by atoms with van der Waals surface area (Å²) in [5.41, 5.74) is 1.49. The molecule has 0 aromatic carbocycles.